The molecule has 0 aliphatic carbocycles. The maximum atomic E-state index is 12.1. The van der Waals surface area contributed by atoms with Crippen molar-refractivity contribution in [1.29, 1.82) is 0 Å². The zero-order valence-electron chi connectivity index (χ0n) is 14.1. The fraction of sp³-hybridized carbons (Fsp3) is 0. The lowest BCUT2D eigenvalue weighted by Crippen LogP contribution is -1.93. The largest absolute Gasteiger partial charge is 0.508 e. The Balaban J connectivity index is 1.70. The first-order valence-electron chi connectivity index (χ1n) is 8.05. The Morgan fingerprint density at radius 2 is 1.67 bits per heavy atom. The number of rotatable bonds is 6. The molecular weight excluding hydrogens is 346 g/mol. The number of phenolic OH excluding ortho intramolecular Hbond substituents is 1. The molecule has 3 aromatic rings. The number of aromatic hydroxyl groups is 1. The van der Waals surface area contributed by atoms with Gasteiger partial charge in [-0.15, -0.1) is 0 Å². The number of ketones is 1. The van der Waals surface area contributed by atoms with Crippen LogP contribution < -0.4 is 4.74 Å². The van der Waals surface area contributed by atoms with E-state index in [1.165, 1.54) is 42.5 Å². The number of nitrogens with zero attached hydrogens (tertiary/aromatic N) is 1. The molecule has 3 aromatic carbocycles. The van der Waals surface area contributed by atoms with Crippen LogP contribution in [0.5, 0.6) is 17.2 Å². The van der Waals surface area contributed by atoms with Gasteiger partial charge in [0.15, 0.2) is 5.78 Å². The molecule has 0 amide bonds. The van der Waals surface area contributed by atoms with Gasteiger partial charge in [0.05, 0.1) is 4.92 Å². The second-order valence-electron chi connectivity index (χ2n) is 5.67. The minimum Gasteiger partial charge on any atom is -0.508 e. The number of carbonyl (C=O) groups excluding carboxylic acids is 1. The predicted octanol–water partition coefficient (Wildman–Crippen LogP) is 4.99. The average molecular weight is 361 g/mol. The third-order valence-corrected chi connectivity index (χ3v) is 3.72. The maximum absolute atomic E-state index is 12.1. The van der Waals surface area contributed by atoms with Gasteiger partial charge >= 0.3 is 0 Å². The molecule has 0 spiro atoms. The van der Waals surface area contributed by atoms with Crippen molar-refractivity contribution in [2.45, 2.75) is 0 Å². The summed E-state index contributed by atoms with van der Waals surface area (Å²) < 4.78 is 5.69. The molecule has 3 rings (SSSR count). The Bertz CT molecular complexity index is 992. The van der Waals surface area contributed by atoms with E-state index in [-0.39, 0.29) is 17.2 Å². The smallest absolute Gasteiger partial charge is 0.269 e. The number of hydrogen-bond donors (Lipinski definition) is 1. The quantitative estimate of drug-likeness (QED) is 0.289. The third kappa shape index (κ3) is 4.79. The minimum atomic E-state index is -0.472. The summed E-state index contributed by atoms with van der Waals surface area (Å²) >= 11 is 0. The van der Waals surface area contributed by atoms with E-state index in [2.05, 4.69) is 0 Å². The Kier molecular flexibility index (Phi) is 5.28. The van der Waals surface area contributed by atoms with Gasteiger partial charge in [0, 0.05) is 17.7 Å². The van der Waals surface area contributed by atoms with E-state index in [0.29, 0.717) is 17.1 Å². The molecule has 27 heavy (non-hydrogen) atoms. The number of nitro groups is 1. The van der Waals surface area contributed by atoms with E-state index >= 15 is 0 Å². The summed E-state index contributed by atoms with van der Waals surface area (Å²) in [6.07, 6.45) is 3.11. The van der Waals surface area contributed by atoms with Gasteiger partial charge in [-0.1, -0.05) is 18.2 Å². The summed E-state index contributed by atoms with van der Waals surface area (Å²) in [5, 5.41) is 19.9. The molecule has 1 N–H and O–H groups in total. The van der Waals surface area contributed by atoms with E-state index in [1.54, 1.807) is 36.4 Å². The first-order valence-corrected chi connectivity index (χ1v) is 8.05. The normalized spacial score (nSPS) is 10.7. The number of allylic oxidation sites excluding steroid dienone is 1. The van der Waals surface area contributed by atoms with Crippen molar-refractivity contribution in [1.82, 2.24) is 0 Å². The van der Waals surface area contributed by atoms with Gasteiger partial charge in [-0.2, -0.15) is 0 Å². The molecule has 0 aliphatic heterocycles. The molecule has 0 heterocycles. The van der Waals surface area contributed by atoms with Crippen LogP contribution in [-0.2, 0) is 0 Å². The zero-order valence-corrected chi connectivity index (χ0v) is 14.1. The summed E-state index contributed by atoms with van der Waals surface area (Å²) in [6, 6.07) is 18.9. The SMILES string of the molecule is O=C(/C=C/c1cccc(Oc2ccc([N+](=O)[O-])cc2)c1)c1ccc(O)cc1. The van der Waals surface area contributed by atoms with Crippen molar-refractivity contribution in [2.75, 3.05) is 0 Å². The molecule has 0 bridgehead atoms. The second kappa shape index (κ2) is 7.97. The van der Waals surface area contributed by atoms with Gasteiger partial charge in [0.2, 0.25) is 0 Å². The Labute approximate surface area is 155 Å². The maximum Gasteiger partial charge on any atom is 0.269 e. The van der Waals surface area contributed by atoms with Crippen molar-refractivity contribution in [2.24, 2.45) is 0 Å². The van der Waals surface area contributed by atoms with Gasteiger partial charge in [-0.3, -0.25) is 14.9 Å². The monoisotopic (exact) mass is 361 g/mol. The Morgan fingerprint density at radius 1 is 0.963 bits per heavy atom. The van der Waals surface area contributed by atoms with Crippen LogP contribution in [0.15, 0.2) is 78.9 Å². The molecule has 6 heteroatoms. The first-order chi connectivity index (χ1) is 13.0. The second-order valence-corrected chi connectivity index (χ2v) is 5.67. The standard InChI is InChI=1S/C21H15NO5/c23-18-9-5-16(6-10-18)21(24)13-4-15-2-1-3-20(14-15)27-19-11-7-17(8-12-19)22(25)26/h1-14,23H/b13-4+. The molecule has 0 aromatic heterocycles. The van der Waals surface area contributed by atoms with E-state index in [9.17, 15) is 20.0 Å². The van der Waals surface area contributed by atoms with E-state index in [0.717, 1.165) is 5.56 Å². The number of phenols is 1. The Morgan fingerprint density at radius 3 is 2.33 bits per heavy atom. The number of benzene rings is 3. The lowest BCUT2D eigenvalue weighted by Gasteiger charge is -2.06. The van der Waals surface area contributed by atoms with Crippen molar-refractivity contribution in [3.05, 3.63) is 100 Å². The number of ether oxygens (including phenoxy) is 1. The molecule has 0 unspecified atom stereocenters. The van der Waals surface area contributed by atoms with Crippen molar-refractivity contribution in [3.8, 4) is 17.2 Å². The summed E-state index contributed by atoms with van der Waals surface area (Å²) in [6.45, 7) is 0. The highest BCUT2D eigenvalue weighted by molar-refractivity contribution is 6.06. The van der Waals surface area contributed by atoms with Crippen molar-refractivity contribution in [3.63, 3.8) is 0 Å². The topological polar surface area (TPSA) is 89.7 Å². The van der Waals surface area contributed by atoms with Crippen molar-refractivity contribution < 1.29 is 19.6 Å². The number of nitro benzene ring substituents is 1. The van der Waals surface area contributed by atoms with Crippen LogP contribution in [0.25, 0.3) is 6.08 Å². The molecule has 134 valence electrons. The number of carbonyl (C=O) groups is 1. The molecule has 0 saturated heterocycles. The average Bonchev–Trinajstić information content (AvgIpc) is 2.67. The number of hydrogen-bond acceptors (Lipinski definition) is 5. The predicted molar refractivity (Wildman–Crippen MR) is 101 cm³/mol. The van der Waals surface area contributed by atoms with Gasteiger partial charge < -0.3 is 9.84 Å². The Hall–Kier alpha value is -3.93. The summed E-state index contributed by atoms with van der Waals surface area (Å²) in [5.74, 6) is 0.938. The minimum absolute atomic E-state index is 0.00761. The third-order valence-electron chi connectivity index (χ3n) is 3.72. The first kappa shape index (κ1) is 17.9. The van der Waals surface area contributed by atoms with Gasteiger partial charge in [0.25, 0.3) is 5.69 Å². The van der Waals surface area contributed by atoms with Gasteiger partial charge in [0.1, 0.15) is 17.2 Å². The van der Waals surface area contributed by atoms with Crippen LogP contribution >= 0.6 is 0 Å². The molecule has 0 atom stereocenters. The van der Waals surface area contributed by atoms with Gasteiger partial charge in [-0.05, 0) is 60.2 Å². The lowest BCUT2D eigenvalue weighted by molar-refractivity contribution is -0.384. The van der Waals surface area contributed by atoms with Gasteiger partial charge in [-0.25, -0.2) is 0 Å². The highest BCUT2D eigenvalue weighted by Gasteiger charge is 2.05. The molecular formula is C21H15NO5. The molecule has 0 aliphatic rings. The summed E-state index contributed by atoms with van der Waals surface area (Å²) in [7, 11) is 0. The van der Waals surface area contributed by atoms with Crippen LogP contribution in [-0.4, -0.2) is 15.8 Å². The zero-order chi connectivity index (χ0) is 19.2. The van der Waals surface area contributed by atoms with Crippen LogP contribution in [0.2, 0.25) is 0 Å². The highest BCUT2D eigenvalue weighted by atomic mass is 16.6. The van der Waals surface area contributed by atoms with E-state index in [4.69, 9.17) is 4.74 Å². The van der Waals surface area contributed by atoms with Crippen LogP contribution in [0.4, 0.5) is 5.69 Å². The number of non-ortho nitro benzene ring substituents is 1. The van der Waals surface area contributed by atoms with Crippen LogP contribution in [0.1, 0.15) is 15.9 Å². The fourth-order valence-electron chi connectivity index (χ4n) is 2.35. The van der Waals surface area contributed by atoms with Crippen molar-refractivity contribution >= 4 is 17.5 Å². The van der Waals surface area contributed by atoms with Crippen LogP contribution in [0.3, 0.4) is 0 Å². The molecule has 0 saturated carbocycles. The molecule has 0 fully saturated rings. The van der Waals surface area contributed by atoms with E-state index < -0.39 is 4.92 Å². The highest BCUT2D eigenvalue weighted by Crippen LogP contribution is 2.25. The summed E-state index contributed by atoms with van der Waals surface area (Å²) in [4.78, 5) is 22.3. The van der Waals surface area contributed by atoms with Crippen LogP contribution in [0, 0.1) is 10.1 Å². The van der Waals surface area contributed by atoms with E-state index in [1.807, 2.05) is 6.07 Å². The molecule has 6 nitrogen and oxygen atoms in total. The molecule has 0 radical (unpaired) electrons. The summed E-state index contributed by atoms with van der Waals surface area (Å²) in [5.41, 5.74) is 1.23. The lowest BCUT2D eigenvalue weighted by atomic mass is 10.1. The fourth-order valence-corrected chi connectivity index (χ4v) is 2.35.